The number of benzene rings is 3. The number of nitrogens with zero attached hydrogens (tertiary/aromatic N) is 2. The summed E-state index contributed by atoms with van der Waals surface area (Å²) in [5, 5.41) is 11.1. The summed E-state index contributed by atoms with van der Waals surface area (Å²) in [4.78, 5) is 29.1. The first kappa shape index (κ1) is 21.9. The molecule has 2 unspecified atom stereocenters. The molecule has 3 aromatic rings. The fourth-order valence-corrected chi connectivity index (χ4v) is 3.82. The maximum absolute atomic E-state index is 13.3. The lowest BCUT2D eigenvalue weighted by atomic mass is 10.1. The molecule has 0 spiro atoms. The molecule has 2 atom stereocenters. The highest BCUT2D eigenvalue weighted by Crippen LogP contribution is 2.32. The van der Waals surface area contributed by atoms with Crippen molar-refractivity contribution in [2.24, 2.45) is 0 Å². The molecule has 7 heteroatoms. The summed E-state index contributed by atoms with van der Waals surface area (Å²) < 4.78 is 5.57. The van der Waals surface area contributed by atoms with Crippen LogP contribution in [0.5, 0.6) is 5.75 Å². The highest BCUT2D eigenvalue weighted by atomic mass is 35.5. The van der Waals surface area contributed by atoms with Crippen LogP contribution in [0.3, 0.4) is 0 Å². The zero-order chi connectivity index (χ0) is 22.5. The minimum absolute atomic E-state index is 0.0621. The SMILES string of the molecule is O=C1C(c2ccccc2)N(Cc2ccccc2)C(=O)N1CC(O)COc1ccc(Cl)cc1. The maximum atomic E-state index is 13.3. The largest absolute Gasteiger partial charge is 0.491 e. The second-order valence-corrected chi connectivity index (χ2v) is 8.01. The molecule has 1 heterocycles. The first-order valence-electron chi connectivity index (χ1n) is 10.3. The van der Waals surface area contributed by atoms with Crippen LogP contribution in [0.4, 0.5) is 4.79 Å². The van der Waals surface area contributed by atoms with Gasteiger partial charge in [0.2, 0.25) is 0 Å². The zero-order valence-corrected chi connectivity index (χ0v) is 18.1. The first-order valence-corrected chi connectivity index (χ1v) is 10.7. The van der Waals surface area contributed by atoms with Crippen LogP contribution < -0.4 is 4.74 Å². The van der Waals surface area contributed by atoms with E-state index in [0.717, 1.165) is 16.0 Å². The number of carbonyl (C=O) groups is 2. The van der Waals surface area contributed by atoms with Gasteiger partial charge in [-0.3, -0.25) is 9.69 Å². The van der Waals surface area contributed by atoms with E-state index in [4.69, 9.17) is 16.3 Å². The molecule has 4 rings (SSSR count). The van der Waals surface area contributed by atoms with E-state index in [2.05, 4.69) is 0 Å². The Morgan fingerprint density at radius 1 is 0.906 bits per heavy atom. The molecular weight excluding hydrogens is 428 g/mol. The predicted octanol–water partition coefficient (Wildman–Crippen LogP) is 4.29. The third-order valence-corrected chi connectivity index (χ3v) is 5.50. The number of imide groups is 1. The van der Waals surface area contributed by atoms with E-state index < -0.39 is 18.2 Å². The minimum Gasteiger partial charge on any atom is -0.491 e. The molecule has 32 heavy (non-hydrogen) atoms. The summed E-state index contributed by atoms with van der Waals surface area (Å²) >= 11 is 5.86. The van der Waals surface area contributed by atoms with Crippen LogP contribution in [-0.2, 0) is 11.3 Å². The smallest absolute Gasteiger partial charge is 0.328 e. The Balaban J connectivity index is 1.49. The van der Waals surface area contributed by atoms with Crippen molar-refractivity contribution in [1.29, 1.82) is 0 Å². The number of hydrogen-bond donors (Lipinski definition) is 1. The van der Waals surface area contributed by atoms with Gasteiger partial charge in [0.1, 0.15) is 24.5 Å². The molecule has 0 aliphatic carbocycles. The Bertz CT molecular complexity index is 1060. The Hall–Kier alpha value is -3.35. The Morgan fingerprint density at radius 3 is 2.19 bits per heavy atom. The van der Waals surface area contributed by atoms with Crippen molar-refractivity contribution in [3.05, 3.63) is 101 Å². The molecule has 1 fully saturated rings. The summed E-state index contributed by atoms with van der Waals surface area (Å²) in [7, 11) is 0. The molecule has 3 amide bonds. The molecule has 6 nitrogen and oxygen atoms in total. The Labute approximate surface area is 191 Å². The molecular formula is C25H23ClN2O4. The molecule has 0 aromatic heterocycles. The molecule has 1 saturated heterocycles. The molecule has 164 valence electrons. The molecule has 0 radical (unpaired) electrons. The van der Waals surface area contributed by atoms with Gasteiger partial charge in [0, 0.05) is 11.6 Å². The molecule has 3 aromatic carbocycles. The Kier molecular flexibility index (Phi) is 6.73. The van der Waals surface area contributed by atoms with Crippen LogP contribution in [0.25, 0.3) is 0 Å². The average molecular weight is 451 g/mol. The van der Waals surface area contributed by atoms with Crippen LogP contribution in [0.15, 0.2) is 84.9 Å². The van der Waals surface area contributed by atoms with Crippen LogP contribution in [0, 0.1) is 0 Å². The van der Waals surface area contributed by atoms with E-state index in [1.807, 2.05) is 60.7 Å². The fraction of sp³-hybridized carbons (Fsp3) is 0.200. The van der Waals surface area contributed by atoms with E-state index in [9.17, 15) is 14.7 Å². The van der Waals surface area contributed by atoms with Gasteiger partial charge < -0.3 is 14.7 Å². The number of halogens is 1. The lowest BCUT2D eigenvalue weighted by Crippen LogP contribution is -2.40. The van der Waals surface area contributed by atoms with Gasteiger partial charge in [0.05, 0.1) is 6.54 Å². The molecule has 1 N–H and O–H groups in total. The monoisotopic (exact) mass is 450 g/mol. The van der Waals surface area contributed by atoms with E-state index >= 15 is 0 Å². The topological polar surface area (TPSA) is 70.1 Å². The second-order valence-electron chi connectivity index (χ2n) is 7.58. The van der Waals surface area contributed by atoms with Gasteiger partial charge in [-0.15, -0.1) is 0 Å². The van der Waals surface area contributed by atoms with Gasteiger partial charge in [-0.25, -0.2) is 4.79 Å². The van der Waals surface area contributed by atoms with Gasteiger partial charge in [0.15, 0.2) is 0 Å². The van der Waals surface area contributed by atoms with Crippen molar-refractivity contribution >= 4 is 23.5 Å². The van der Waals surface area contributed by atoms with E-state index in [1.165, 1.54) is 0 Å². The summed E-state index contributed by atoms with van der Waals surface area (Å²) in [5.74, 6) is 0.183. The lowest BCUT2D eigenvalue weighted by molar-refractivity contribution is -0.129. The van der Waals surface area contributed by atoms with Gasteiger partial charge >= 0.3 is 6.03 Å². The van der Waals surface area contributed by atoms with E-state index in [-0.39, 0.29) is 19.1 Å². The van der Waals surface area contributed by atoms with E-state index in [1.54, 1.807) is 29.2 Å². The normalized spacial score (nSPS) is 17.0. The molecule has 1 aliphatic rings. The number of carbonyl (C=O) groups excluding carboxylic acids is 2. The molecule has 0 bridgehead atoms. The summed E-state index contributed by atoms with van der Waals surface area (Å²) in [6.45, 7) is 0.0755. The highest BCUT2D eigenvalue weighted by Gasteiger charge is 2.46. The van der Waals surface area contributed by atoms with Crippen molar-refractivity contribution in [2.45, 2.75) is 18.7 Å². The number of hydrogen-bond acceptors (Lipinski definition) is 4. The van der Waals surface area contributed by atoms with Crippen molar-refractivity contribution in [1.82, 2.24) is 9.80 Å². The van der Waals surface area contributed by atoms with Crippen molar-refractivity contribution in [2.75, 3.05) is 13.2 Å². The van der Waals surface area contributed by atoms with Crippen LogP contribution in [-0.4, -0.2) is 46.1 Å². The quantitative estimate of drug-likeness (QED) is 0.520. The van der Waals surface area contributed by atoms with Gasteiger partial charge in [0.25, 0.3) is 5.91 Å². The number of rotatable bonds is 8. The number of amides is 3. The standard InChI is InChI=1S/C25H23ClN2O4/c26-20-11-13-22(14-12-20)32-17-21(29)16-28-24(30)23(19-9-5-2-6-10-19)27(25(28)31)15-18-7-3-1-4-8-18/h1-14,21,23,29H,15-17H2. The predicted molar refractivity (Wildman–Crippen MR) is 121 cm³/mol. The second kappa shape index (κ2) is 9.85. The van der Waals surface area contributed by atoms with Crippen LogP contribution in [0.2, 0.25) is 5.02 Å². The van der Waals surface area contributed by atoms with Crippen molar-refractivity contribution in [3.63, 3.8) is 0 Å². The Morgan fingerprint density at radius 2 is 1.53 bits per heavy atom. The van der Waals surface area contributed by atoms with Gasteiger partial charge in [-0.2, -0.15) is 0 Å². The van der Waals surface area contributed by atoms with Crippen molar-refractivity contribution < 1.29 is 19.4 Å². The number of urea groups is 1. The van der Waals surface area contributed by atoms with E-state index in [0.29, 0.717) is 17.3 Å². The first-order chi connectivity index (χ1) is 15.5. The third-order valence-electron chi connectivity index (χ3n) is 5.25. The maximum Gasteiger partial charge on any atom is 0.328 e. The third kappa shape index (κ3) is 4.93. The highest BCUT2D eigenvalue weighted by molar-refractivity contribution is 6.30. The number of β-amino-alcohol motifs (C(OH)–C–C–N with tert-alkyl or cyclic N) is 1. The summed E-state index contributed by atoms with van der Waals surface area (Å²) in [5.41, 5.74) is 1.65. The zero-order valence-electron chi connectivity index (χ0n) is 17.3. The van der Waals surface area contributed by atoms with Gasteiger partial charge in [-0.05, 0) is 35.4 Å². The lowest BCUT2D eigenvalue weighted by Gasteiger charge is -2.22. The van der Waals surface area contributed by atoms with Crippen LogP contribution in [0.1, 0.15) is 17.2 Å². The average Bonchev–Trinajstić information content (AvgIpc) is 3.04. The number of ether oxygens (including phenoxy) is 1. The molecule has 1 aliphatic heterocycles. The summed E-state index contributed by atoms with van der Waals surface area (Å²) in [6, 6.07) is 24.3. The summed E-state index contributed by atoms with van der Waals surface area (Å²) in [6.07, 6.45) is -1.04. The molecule has 0 saturated carbocycles. The van der Waals surface area contributed by atoms with Crippen molar-refractivity contribution in [3.8, 4) is 5.75 Å². The number of aliphatic hydroxyl groups excluding tert-OH is 1. The minimum atomic E-state index is -1.04. The van der Waals surface area contributed by atoms with Gasteiger partial charge in [-0.1, -0.05) is 72.3 Å². The fourth-order valence-electron chi connectivity index (χ4n) is 3.69. The number of aliphatic hydroxyl groups is 1. The van der Waals surface area contributed by atoms with Crippen LogP contribution >= 0.6 is 11.6 Å².